The summed E-state index contributed by atoms with van der Waals surface area (Å²) in [6, 6.07) is -0.0827. The molecule has 1 saturated heterocycles. The summed E-state index contributed by atoms with van der Waals surface area (Å²) in [4.78, 5) is 11.4. The molecule has 0 spiro atoms. The predicted molar refractivity (Wildman–Crippen MR) is 57.7 cm³/mol. The van der Waals surface area contributed by atoms with E-state index in [1.54, 1.807) is 0 Å². The second kappa shape index (κ2) is 7.65. The molecule has 15 heavy (non-hydrogen) atoms. The van der Waals surface area contributed by atoms with Crippen molar-refractivity contribution in [2.45, 2.75) is 38.6 Å². The van der Waals surface area contributed by atoms with Crippen molar-refractivity contribution in [2.24, 2.45) is 0 Å². The topological polar surface area (TPSA) is 47.6 Å². The van der Waals surface area contributed by atoms with Gasteiger partial charge in [0.05, 0.1) is 6.61 Å². The number of carbonyl (C=O) groups excluding carboxylic acids is 1. The van der Waals surface area contributed by atoms with Crippen LogP contribution in [0, 0.1) is 0 Å². The van der Waals surface area contributed by atoms with Crippen molar-refractivity contribution in [1.82, 2.24) is 5.32 Å². The van der Waals surface area contributed by atoms with Crippen LogP contribution in [0.15, 0.2) is 0 Å². The summed E-state index contributed by atoms with van der Waals surface area (Å²) in [6.07, 6.45) is 4.16. The number of hydrogen-bond acceptors (Lipinski definition) is 4. The Bertz CT molecular complexity index is 179. The van der Waals surface area contributed by atoms with Crippen LogP contribution in [0.5, 0.6) is 0 Å². The third-order valence-electron chi connectivity index (χ3n) is 2.46. The molecule has 88 valence electrons. The molecule has 0 bridgehead atoms. The van der Waals surface area contributed by atoms with Gasteiger partial charge in [0.2, 0.25) is 0 Å². The summed E-state index contributed by atoms with van der Waals surface area (Å²) in [6.45, 7) is 4.69. The average molecular weight is 215 g/mol. The summed E-state index contributed by atoms with van der Waals surface area (Å²) in [5.41, 5.74) is 0. The zero-order chi connectivity index (χ0) is 10.9. The van der Waals surface area contributed by atoms with E-state index in [0.717, 1.165) is 38.8 Å². The lowest BCUT2D eigenvalue weighted by Crippen LogP contribution is -2.33. The van der Waals surface area contributed by atoms with Gasteiger partial charge in [-0.15, -0.1) is 0 Å². The van der Waals surface area contributed by atoms with E-state index in [1.807, 2.05) is 0 Å². The number of carbonyl (C=O) groups is 1. The molecule has 1 aliphatic rings. The van der Waals surface area contributed by atoms with Crippen LogP contribution in [0.25, 0.3) is 0 Å². The molecule has 0 amide bonds. The molecule has 1 rings (SSSR count). The number of hydrogen-bond donors (Lipinski definition) is 1. The van der Waals surface area contributed by atoms with E-state index in [0.29, 0.717) is 13.2 Å². The van der Waals surface area contributed by atoms with Crippen molar-refractivity contribution >= 4 is 5.97 Å². The van der Waals surface area contributed by atoms with Crippen LogP contribution in [0.1, 0.15) is 32.6 Å². The molecule has 1 N–H and O–H groups in total. The molecule has 4 heteroatoms. The van der Waals surface area contributed by atoms with Crippen LogP contribution in [0.3, 0.4) is 0 Å². The highest BCUT2D eigenvalue weighted by molar-refractivity contribution is 5.76. The molecule has 1 unspecified atom stereocenters. The van der Waals surface area contributed by atoms with Crippen LogP contribution in [0.4, 0.5) is 0 Å². The van der Waals surface area contributed by atoms with E-state index < -0.39 is 0 Å². The van der Waals surface area contributed by atoms with Gasteiger partial charge in [-0.1, -0.05) is 13.3 Å². The Morgan fingerprint density at radius 1 is 1.40 bits per heavy atom. The van der Waals surface area contributed by atoms with Gasteiger partial charge in [0.25, 0.3) is 0 Å². The van der Waals surface area contributed by atoms with Gasteiger partial charge in [-0.05, 0) is 25.8 Å². The van der Waals surface area contributed by atoms with Gasteiger partial charge in [-0.3, -0.25) is 4.79 Å². The van der Waals surface area contributed by atoms with Gasteiger partial charge in [0.1, 0.15) is 12.6 Å². The lowest BCUT2D eigenvalue weighted by atomic mass is 10.2. The third kappa shape index (κ3) is 5.14. The largest absolute Gasteiger partial charge is 0.462 e. The molecule has 1 heterocycles. The van der Waals surface area contributed by atoms with Crippen molar-refractivity contribution in [2.75, 3.05) is 26.4 Å². The van der Waals surface area contributed by atoms with Crippen molar-refractivity contribution in [1.29, 1.82) is 0 Å². The Morgan fingerprint density at radius 2 is 2.27 bits per heavy atom. The van der Waals surface area contributed by atoms with Crippen LogP contribution in [-0.2, 0) is 14.3 Å². The Kier molecular flexibility index (Phi) is 6.36. The molecule has 0 radical (unpaired) electrons. The quantitative estimate of drug-likeness (QED) is 0.510. The molecule has 4 nitrogen and oxygen atoms in total. The smallest absolute Gasteiger partial charge is 0.323 e. The lowest BCUT2D eigenvalue weighted by Gasteiger charge is -2.10. The summed E-state index contributed by atoms with van der Waals surface area (Å²) in [7, 11) is 0. The van der Waals surface area contributed by atoms with E-state index in [-0.39, 0.29) is 12.0 Å². The number of unbranched alkanes of at least 4 members (excludes halogenated alkanes) is 1. The van der Waals surface area contributed by atoms with Crippen molar-refractivity contribution < 1.29 is 14.3 Å². The SMILES string of the molecule is CCCCOCCOC(=O)C1CCCN1. The molecule has 0 aliphatic carbocycles. The standard InChI is InChI=1S/C11H21NO3/c1-2-3-7-14-8-9-15-11(13)10-5-4-6-12-10/h10,12H,2-9H2,1H3. The molecule has 0 aromatic carbocycles. The first-order valence-electron chi connectivity index (χ1n) is 5.82. The van der Waals surface area contributed by atoms with E-state index >= 15 is 0 Å². The normalized spacial score (nSPS) is 20.5. The van der Waals surface area contributed by atoms with Crippen LogP contribution < -0.4 is 5.32 Å². The van der Waals surface area contributed by atoms with E-state index in [9.17, 15) is 4.79 Å². The van der Waals surface area contributed by atoms with Crippen molar-refractivity contribution in [3.63, 3.8) is 0 Å². The Balaban J connectivity index is 1.92. The molecule has 0 aromatic heterocycles. The summed E-state index contributed by atoms with van der Waals surface area (Å²) < 4.78 is 10.4. The Morgan fingerprint density at radius 3 is 2.93 bits per heavy atom. The fraction of sp³-hybridized carbons (Fsp3) is 0.909. The molecule has 0 saturated carbocycles. The van der Waals surface area contributed by atoms with Gasteiger partial charge in [-0.2, -0.15) is 0 Å². The first-order valence-corrected chi connectivity index (χ1v) is 5.82. The Hall–Kier alpha value is -0.610. The van der Waals surface area contributed by atoms with Gasteiger partial charge < -0.3 is 14.8 Å². The zero-order valence-corrected chi connectivity index (χ0v) is 9.46. The fourth-order valence-electron chi connectivity index (χ4n) is 1.54. The van der Waals surface area contributed by atoms with Crippen LogP contribution >= 0.6 is 0 Å². The minimum Gasteiger partial charge on any atom is -0.462 e. The maximum Gasteiger partial charge on any atom is 0.323 e. The number of nitrogens with one attached hydrogen (secondary N) is 1. The van der Waals surface area contributed by atoms with Gasteiger partial charge >= 0.3 is 5.97 Å². The first-order chi connectivity index (χ1) is 7.34. The highest BCUT2D eigenvalue weighted by atomic mass is 16.6. The number of ether oxygens (including phenoxy) is 2. The van der Waals surface area contributed by atoms with Crippen LogP contribution in [-0.4, -0.2) is 38.4 Å². The van der Waals surface area contributed by atoms with Gasteiger partial charge in [0.15, 0.2) is 0 Å². The minimum atomic E-state index is -0.133. The van der Waals surface area contributed by atoms with E-state index in [2.05, 4.69) is 12.2 Å². The fourth-order valence-corrected chi connectivity index (χ4v) is 1.54. The van der Waals surface area contributed by atoms with E-state index in [4.69, 9.17) is 9.47 Å². The van der Waals surface area contributed by atoms with Crippen molar-refractivity contribution in [3.8, 4) is 0 Å². The summed E-state index contributed by atoms with van der Waals surface area (Å²) in [5.74, 6) is -0.133. The molecule has 1 fully saturated rings. The number of esters is 1. The highest BCUT2D eigenvalue weighted by Gasteiger charge is 2.22. The van der Waals surface area contributed by atoms with Gasteiger partial charge in [-0.25, -0.2) is 0 Å². The monoisotopic (exact) mass is 215 g/mol. The molecule has 1 aliphatic heterocycles. The first kappa shape index (κ1) is 12.5. The van der Waals surface area contributed by atoms with Crippen molar-refractivity contribution in [3.05, 3.63) is 0 Å². The van der Waals surface area contributed by atoms with E-state index in [1.165, 1.54) is 0 Å². The maximum atomic E-state index is 11.4. The second-order valence-corrected chi connectivity index (χ2v) is 3.78. The highest BCUT2D eigenvalue weighted by Crippen LogP contribution is 2.06. The zero-order valence-electron chi connectivity index (χ0n) is 9.46. The summed E-state index contributed by atoms with van der Waals surface area (Å²) >= 11 is 0. The number of rotatable bonds is 7. The predicted octanol–water partition coefficient (Wildman–Crippen LogP) is 1.10. The molecular weight excluding hydrogens is 194 g/mol. The third-order valence-corrected chi connectivity index (χ3v) is 2.46. The van der Waals surface area contributed by atoms with Gasteiger partial charge in [0, 0.05) is 6.61 Å². The second-order valence-electron chi connectivity index (χ2n) is 3.78. The molecule has 1 atom stereocenters. The lowest BCUT2D eigenvalue weighted by molar-refractivity contribution is -0.147. The maximum absolute atomic E-state index is 11.4. The molecule has 0 aromatic rings. The minimum absolute atomic E-state index is 0.0827. The Labute approximate surface area is 91.3 Å². The summed E-state index contributed by atoms with van der Waals surface area (Å²) in [5, 5.41) is 3.10. The average Bonchev–Trinajstić information content (AvgIpc) is 2.76. The molecular formula is C11H21NO3. The van der Waals surface area contributed by atoms with Crippen LogP contribution in [0.2, 0.25) is 0 Å².